The van der Waals surface area contributed by atoms with Crippen molar-refractivity contribution in [3.8, 4) is 0 Å². The van der Waals surface area contributed by atoms with Gasteiger partial charge in [0.1, 0.15) is 18.1 Å². The van der Waals surface area contributed by atoms with Gasteiger partial charge in [0.05, 0.1) is 6.04 Å². The molecule has 1 fully saturated rings. The standard InChI is InChI=1S/C17H29NO2/c1-4-12-18-16(17(5-2)10-6-7-11-17)15-9-8-14(20-15)13-19-3/h8-9,16,18H,4-7,10-13H2,1-3H3. The lowest BCUT2D eigenvalue weighted by Gasteiger charge is -2.36. The molecule has 0 aliphatic heterocycles. The third-order valence-electron chi connectivity index (χ3n) is 4.77. The van der Waals surface area contributed by atoms with Crippen LogP contribution in [0.15, 0.2) is 16.5 Å². The van der Waals surface area contributed by atoms with Crippen LogP contribution in [0.2, 0.25) is 0 Å². The number of hydrogen-bond acceptors (Lipinski definition) is 3. The second-order valence-corrected chi connectivity index (χ2v) is 6.05. The van der Waals surface area contributed by atoms with Crippen molar-refractivity contribution in [2.24, 2.45) is 5.41 Å². The minimum atomic E-state index is 0.348. The van der Waals surface area contributed by atoms with Gasteiger partial charge in [-0.2, -0.15) is 0 Å². The van der Waals surface area contributed by atoms with E-state index in [2.05, 4.69) is 31.3 Å². The molecule has 114 valence electrons. The van der Waals surface area contributed by atoms with E-state index >= 15 is 0 Å². The summed E-state index contributed by atoms with van der Waals surface area (Å²) in [7, 11) is 1.71. The summed E-state index contributed by atoms with van der Waals surface area (Å²) in [6, 6.07) is 4.54. The van der Waals surface area contributed by atoms with Gasteiger partial charge < -0.3 is 14.5 Å². The van der Waals surface area contributed by atoms with Gasteiger partial charge in [0.15, 0.2) is 0 Å². The van der Waals surface area contributed by atoms with E-state index < -0.39 is 0 Å². The Morgan fingerprint density at radius 2 is 2.05 bits per heavy atom. The third kappa shape index (κ3) is 3.26. The molecule has 0 radical (unpaired) electrons. The summed E-state index contributed by atoms with van der Waals surface area (Å²) in [5, 5.41) is 3.74. The van der Waals surface area contributed by atoms with Crippen molar-refractivity contribution in [1.82, 2.24) is 5.32 Å². The van der Waals surface area contributed by atoms with Gasteiger partial charge in [-0.1, -0.05) is 26.7 Å². The molecule has 1 aromatic rings. The molecule has 3 nitrogen and oxygen atoms in total. The molecule has 1 atom stereocenters. The van der Waals surface area contributed by atoms with Crippen LogP contribution >= 0.6 is 0 Å². The fourth-order valence-corrected chi connectivity index (χ4v) is 3.60. The van der Waals surface area contributed by atoms with E-state index in [4.69, 9.17) is 9.15 Å². The molecule has 0 bridgehead atoms. The van der Waals surface area contributed by atoms with Crippen LogP contribution in [0.5, 0.6) is 0 Å². The molecule has 1 unspecified atom stereocenters. The first kappa shape index (κ1) is 15.6. The smallest absolute Gasteiger partial charge is 0.129 e. The number of rotatable bonds is 8. The molecule has 0 saturated heterocycles. The molecule has 20 heavy (non-hydrogen) atoms. The number of nitrogens with one attached hydrogen (secondary N) is 1. The van der Waals surface area contributed by atoms with Gasteiger partial charge in [0.2, 0.25) is 0 Å². The molecule has 1 aliphatic carbocycles. The minimum absolute atomic E-state index is 0.348. The summed E-state index contributed by atoms with van der Waals surface area (Å²) in [5.41, 5.74) is 0.372. The van der Waals surface area contributed by atoms with Gasteiger partial charge >= 0.3 is 0 Å². The van der Waals surface area contributed by atoms with E-state index in [0.717, 1.165) is 24.5 Å². The van der Waals surface area contributed by atoms with Crippen LogP contribution in [0.1, 0.15) is 69.9 Å². The van der Waals surface area contributed by atoms with Crippen LogP contribution in [0.4, 0.5) is 0 Å². The number of ether oxygens (including phenoxy) is 1. The van der Waals surface area contributed by atoms with Crippen molar-refractivity contribution in [1.29, 1.82) is 0 Å². The maximum absolute atomic E-state index is 6.04. The Hall–Kier alpha value is -0.800. The van der Waals surface area contributed by atoms with Gasteiger partial charge in [-0.05, 0) is 49.8 Å². The predicted molar refractivity (Wildman–Crippen MR) is 81.6 cm³/mol. The van der Waals surface area contributed by atoms with Crippen LogP contribution in [0, 0.1) is 5.41 Å². The van der Waals surface area contributed by atoms with E-state index in [1.165, 1.54) is 32.1 Å². The highest BCUT2D eigenvalue weighted by atomic mass is 16.5. The van der Waals surface area contributed by atoms with Gasteiger partial charge in [-0.25, -0.2) is 0 Å². The first-order valence-electron chi connectivity index (χ1n) is 8.06. The Labute approximate surface area is 123 Å². The normalized spacial score (nSPS) is 19.4. The second-order valence-electron chi connectivity index (χ2n) is 6.05. The Morgan fingerprint density at radius 1 is 1.30 bits per heavy atom. The van der Waals surface area contributed by atoms with Crippen LogP contribution in [-0.2, 0) is 11.3 Å². The van der Waals surface area contributed by atoms with E-state index in [1.807, 2.05) is 0 Å². The van der Waals surface area contributed by atoms with E-state index in [-0.39, 0.29) is 0 Å². The molecule has 1 aromatic heterocycles. The van der Waals surface area contributed by atoms with Crippen LogP contribution in [-0.4, -0.2) is 13.7 Å². The highest BCUT2D eigenvalue weighted by molar-refractivity contribution is 5.14. The molecule has 0 aromatic carbocycles. The van der Waals surface area contributed by atoms with Crippen LogP contribution < -0.4 is 5.32 Å². The minimum Gasteiger partial charge on any atom is -0.462 e. The molecule has 2 rings (SSSR count). The fourth-order valence-electron chi connectivity index (χ4n) is 3.60. The average Bonchev–Trinajstić information content (AvgIpc) is 3.10. The largest absolute Gasteiger partial charge is 0.462 e. The summed E-state index contributed by atoms with van der Waals surface area (Å²) < 4.78 is 11.2. The molecule has 3 heteroatoms. The maximum Gasteiger partial charge on any atom is 0.129 e. The lowest BCUT2D eigenvalue weighted by molar-refractivity contribution is 0.142. The predicted octanol–water partition coefficient (Wildman–Crippen LogP) is 4.44. The zero-order valence-corrected chi connectivity index (χ0v) is 13.2. The second kappa shape index (κ2) is 7.28. The van der Waals surface area contributed by atoms with Crippen molar-refractivity contribution in [3.63, 3.8) is 0 Å². The first-order chi connectivity index (χ1) is 9.75. The summed E-state index contributed by atoms with van der Waals surface area (Å²) >= 11 is 0. The lowest BCUT2D eigenvalue weighted by atomic mass is 9.75. The number of furan rings is 1. The zero-order chi connectivity index (χ0) is 14.4. The summed E-state index contributed by atoms with van der Waals surface area (Å²) in [5.74, 6) is 2.02. The van der Waals surface area contributed by atoms with Gasteiger partial charge in [0.25, 0.3) is 0 Å². The Bertz CT molecular complexity index is 393. The third-order valence-corrected chi connectivity index (χ3v) is 4.77. The van der Waals surface area contributed by atoms with Crippen molar-refractivity contribution < 1.29 is 9.15 Å². The monoisotopic (exact) mass is 279 g/mol. The molecular weight excluding hydrogens is 250 g/mol. The van der Waals surface area contributed by atoms with Crippen molar-refractivity contribution in [3.05, 3.63) is 23.7 Å². The highest BCUT2D eigenvalue weighted by Gasteiger charge is 2.41. The average molecular weight is 279 g/mol. The van der Waals surface area contributed by atoms with E-state index in [0.29, 0.717) is 18.1 Å². The molecule has 1 saturated carbocycles. The first-order valence-corrected chi connectivity index (χ1v) is 8.06. The molecule has 0 amide bonds. The van der Waals surface area contributed by atoms with Crippen molar-refractivity contribution >= 4 is 0 Å². The SMILES string of the molecule is CCCNC(c1ccc(COC)o1)C1(CC)CCCC1. The summed E-state index contributed by atoms with van der Waals surface area (Å²) in [6.07, 6.45) is 7.70. The zero-order valence-electron chi connectivity index (χ0n) is 13.2. The fraction of sp³-hybridized carbons (Fsp3) is 0.765. The van der Waals surface area contributed by atoms with E-state index in [9.17, 15) is 0 Å². The highest BCUT2D eigenvalue weighted by Crippen LogP contribution is 2.50. The van der Waals surface area contributed by atoms with Gasteiger partial charge in [-0.3, -0.25) is 0 Å². The molecule has 0 spiro atoms. The van der Waals surface area contributed by atoms with Crippen molar-refractivity contribution in [2.75, 3.05) is 13.7 Å². The molecule has 1 aliphatic rings. The van der Waals surface area contributed by atoms with E-state index in [1.54, 1.807) is 7.11 Å². The van der Waals surface area contributed by atoms with Crippen LogP contribution in [0.25, 0.3) is 0 Å². The number of methoxy groups -OCH3 is 1. The topological polar surface area (TPSA) is 34.4 Å². The summed E-state index contributed by atoms with van der Waals surface area (Å²) in [6.45, 7) is 6.15. The van der Waals surface area contributed by atoms with Gasteiger partial charge in [-0.15, -0.1) is 0 Å². The Kier molecular flexibility index (Phi) is 5.67. The van der Waals surface area contributed by atoms with Crippen molar-refractivity contribution in [2.45, 2.75) is 65.0 Å². The molecule has 1 heterocycles. The number of hydrogen-bond donors (Lipinski definition) is 1. The van der Waals surface area contributed by atoms with Crippen LogP contribution in [0.3, 0.4) is 0 Å². The molecular formula is C17H29NO2. The quantitative estimate of drug-likeness (QED) is 0.764. The van der Waals surface area contributed by atoms with Gasteiger partial charge in [0, 0.05) is 7.11 Å². The maximum atomic E-state index is 6.04. The Morgan fingerprint density at radius 3 is 2.65 bits per heavy atom. The lowest BCUT2D eigenvalue weighted by Crippen LogP contribution is -2.36. The summed E-state index contributed by atoms with van der Waals surface area (Å²) in [4.78, 5) is 0. The Balaban J connectivity index is 2.21. The molecule has 1 N–H and O–H groups in total.